The van der Waals surface area contributed by atoms with Crippen molar-refractivity contribution in [3.8, 4) is 5.75 Å². The third-order valence-electron chi connectivity index (χ3n) is 2.76. The second kappa shape index (κ2) is 6.05. The molecule has 94 valence electrons. The summed E-state index contributed by atoms with van der Waals surface area (Å²) in [5, 5.41) is 0. The first-order chi connectivity index (χ1) is 8.75. The SMILES string of the molecule is Cc1ccc(OCCN(C)c2ccccn2)cc1. The van der Waals surface area contributed by atoms with Gasteiger partial charge >= 0.3 is 0 Å². The van der Waals surface area contributed by atoms with Crippen LogP contribution in [0.3, 0.4) is 0 Å². The molecule has 0 fully saturated rings. The molecule has 0 radical (unpaired) electrons. The molecule has 0 bridgehead atoms. The molecule has 0 aliphatic heterocycles. The highest BCUT2D eigenvalue weighted by atomic mass is 16.5. The zero-order chi connectivity index (χ0) is 12.8. The van der Waals surface area contributed by atoms with Crippen molar-refractivity contribution in [2.75, 3.05) is 25.1 Å². The van der Waals surface area contributed by atoms with Gasteiger partial charge in [-0.25, -0.2) is 4.98 Å². The Morgan fingerprint density at radius 1 is 1.11 bits per heavy atom. The summed E-state index contributed by atoms with van der Waals surface area (Å²) in [6, 6.07) is 14.0. The van der Waals surface area contributed by atoms with Gasteiger partial charge in [0.15, 0.2) is 0 Å². The second-order valence-electron chi connectivity index (χ2n) is 4.27. The quantitative estimate of drug-likeness (QED) is 0.806. The minimum Gasteiger partial charge on any atom is -0.492 e. The van der Waals surface area contributed by atoms with E-state index < -0.39 is 0 Å². The van der Waals surface area contributed by atoms with Crippen molar-refractivity contribution >= 4 is 5.82 Å². The lowest BCUT2D eigenvalue weighted by atomic mass is 10.2. The van der Waals surface area contributed by atoms with E-state index in [0.29, 0.717) is 6.61 Å². The number of rotatable bonds is 5. The van der Waals surface area contributed by atoms with E-state index in [9.17, 15) is 0 Å². The largest absolute Gasteiger partial charge is 0.492 e. The number of pyridine rings is 1. The molecule has 3 nitrogen and oxygen atoms in total. The number of hydrogen-bond donors (Lipinski definition) is 0. The molecule has 0 saturated heterocycles. The summed E-state index contributed by atoms with van der Waals surface area (Å²) in [4.78, 5) is 6.36. The maximum atomic E-state index is 5.68. The number of anilines is 1. The first kappa shape index (κ1) is 12.4. The fourth-order valence-corrected chi connectivity index (χ4v) is 1.63. The third-order valence-corrected chi connectivity index (χ3v) is 2.76. The van der Waals surface area contributed by atoms with Crippen molar-refractivity contribution in [2.45, 2.75) is 6.92 Å². The predicted octanol–water partition coefficient (Wildman–Crippen LogP) is 2.91. The van der Waals surface area contributed by atoms with Gasteiger partial charge < -0.3 is 9.64 Å². The van der Waals surface area contributed by atoms with Gasteiger partial charge in [-0.15, -0.1) is 0 Å². The van der Waals surface area contributed by atoms with Gasteiger partial charge in [-0.1, -0.05) is 23.8 Å². The van der Waals surface area contributed by atoms with Crippen molar-refractivity contribution in [2.24, 2.45) is 0 Å². The predicted molar refractivity (Wildman–Crippen MR) is 74.2 cm³/mol. The molecule has 2 aromatic rings. The van der Waals surface area contributed by atoms with Gasteiger partial charge in [-0.3, -0.25) is 0 Å². The van der Waals surface area contributed by atoms with Crippen molar-refractivity contribution in [3.05, 3.63) is 54.2 Å². The summed E-state index contributed by atoms with van der Waals surface area (Å²) in [6.07, 6.45) is 1.80. The molecule has 0 saturated carbocycles. The first-order valence-corrected chi connectivity index (χ1v) is 6.07. The molecule has 0 atom stereocenters. The fraction of sp³-hybridized carbons (Fsp3) is 0.267. The van der Waals surface area contributed by atoms with E-state index in [4.69, 9.17) is 4.74 Å². The van der Waals surface area contributed by atoms with Crippen LogP contribution in [0.15, 0.2) is 48.7 Å². The number of nitrogens with zero attached hydrogens (tertiary/aromatic N) is 2. The van der Waals surface area contributed by atoms with Crippen LogP contribution in [0.1, 0.15) is 5.56 Å². The Morgan fingerprint density at radius 3 is 2.56 bits per heavy atom. The number of ether oxygens (including phenoxy) is 1. The topological polar surface area (TPSA) is 25.4 Å². The van der Waals surface area contributed by atoms with Gasteiger partial charge in [0.1, 0.15) is 18.2 Å². The van der Waals surface area contributed by atoms with Crippen LogP contribution in [-0.4, -0.2) is 25.2 Å². The average molecular weight is 242 g/mol. The molecule has 3 heteroatoms. The van der Waals surface area contributed by atoms with Gasteiger partial charge in [-0.05, 0) is 31.2 Å². The standard InChI is InChI=1S/C15H18N2O/c1-13-6-8-14(9-7-13)18-12-11-17(2)15-5-3-4-10-16-15/h3-10H,11-12H2,1-2H3. The zero-order valence-electron chi connectivity index (χ0n) is 10.8. The van der Waals surface area contributed by atoms with Gasteiger partial charge in [0, 0.05) is 13.2 Å². The van der Waals surface area contributed by atoms with Crippen LogP contribution in [0.4, 0.5) is 5.82 Å². The van der Waals surface area contributed by atoms with Gasteiger partial charge in [-0.2, -0.15) is 0 Å². The van der Waals surface area contributed by atoms with Crippen LogP contribution >= 0.6 is 0 Å². The van der Waals surface area contributed by atoms with Gasteiger partial charge in [0.25, 0.3) is 0 Å². The molecule has 0 spiro atoms. The summed E-state index contributed by atoms with van der Waals surface area (Å²) in [6.45, 7) is 3.53. The highest BCUT2D eigenvalue weighted by Gasteiger charge is 2.01. The Balaban J connectivity index is 1.80. The Kier molecular flexibility index (Phi) is 4.18. The summed E-state index contributed by atoms with van der Waals surface area (Å²) in [7, 11) is 2.01. The Morgan fingerprint density at radius 2 is 1.89 bits per heavy atom. The van der Waals surface area contributed by atoms with Crippen molar-refractivity contribution in [1.29, 1.82) is 0 Å². The van der Waals surface area contributed by atoms with E-state index in [1.165, 1.54) is 5.56 Å². The normalized spacial score (nSPS) is 10.1. The monoisotopic (exact) mass is 242 g/mol. The minimum atomic E-state index is 0.649. The van der Waals surface area contributed by atoms with Crippen LogP contribution in [0, 0.1) is 6.92 Å². The molecule has 0 aliphatic carbocycles. The van der Waals surface area contributed by atoms with E-state index in [1.54, 1.807) is 6.20 Å². The van der Waals surface area contributed by atoms with Crippen molar-refractivity contribution in [3.63, 3.8) is 0 Å². The lowest BCUT2D eigenvalue weighted by Crippen LogP contribution is -2.24. The van der Waals surface area contributed by atoms with Crippen molar-refractivity contribution in [1.82, 2.24) is 4.98 Å². The van der Waals surface area contributed by atoms with E-state index in [1.807, 2.05) is 37.4 Å². The molecule has 1 aromatic carbocycles. The minimum absolute atomic E-state index is 0.649. The zero-order valence-corrected chi connectivity index (χ0v) is 10.8. The number of aromatic nitrogens is 1. The number of likely N-dealkylation sites (N-methyl/N-ethyl adjacent to an activating group) is 1. The summed E-state index contributed by atoms with van der Waals surface area (Å²) < 4.78 is 5.68. The fourth-order valence-electron chi connectivity index (χ4n) is 1.63. The highest BCUT2D eigenvalue weighted by molar-refractivity contribution is 5.36. The lowest BCUT2D eigenvalue weighted by Gasteiger charge is -2.18. The summed E-state index contributed by atoms with van der Waals surface area (Å²) >= 11 is 0. The van der Waals surface area contributed by atoms with Gasteiger partial charge in [0.2, 0.25) is 0 Å². The Labute approximate surface area is 108 Å². The number of hydrogen-bond acceptors (Lipinski definition) is 3. The molecular formula is C15H18N2O. The molecular weight excluding hydrogens is 224 g/mol. The van der Waals surface area contributed by atoms with E-state index in [-0.39, 0.29) is 0 Å². The maximum Gasteiger partial charge on any atom is 0.128 e. The van der Waals surface area contributed by atoms with Crippen LogP contribution in [-0.2, 0) is 0 Å². The number of benzene rings is 1. The number of aryl methyl sites for hydroxylation is 1. The van der Waals surface area contributed by atoms with Gasteiger partial charge in [0.05, 0.1) is 6.54 Å². The highest BCUT2D eigenvalue weighted by Crippen LogP contribution is 2.12. The molecule has 1 aromatic heterocycles. The average Bonchev–Trinajstić information content (AvgIpc) is 2.42. The maximum absolute atomic E-state index is 5.68. The van der Waals surface area contributed by atoms with E-state index in [0.717, 1.165) is 18.1 Å². The van der Waals surface area contributed by atoms with E-state index >= 15 is 0 Å². The third kappa shape index (κ3) is 3.48. The summed E-state index contributed by atoms with van der Waals surface area (Å²) in [5.74, 6) is 1.88. The first-order valence-electron chi connectivity index (χ1n) is 6.07. The van der Waals surface area contributed by atoms with E-state index in [2.05, 4.69) is 28.9 Å². The van der Waals surface area contributed by atoms with Crippen LogP contribution in [0.25, 0.3) is 0 Å². The lowest BCUT2D eigenvalue weighted by molar-refractivity contribution is 0.325. The molecule has 1 heterocycles. The Bertz CT molecular complexity index is 468. The van der Waals surface area contributed by atoms with Crippen molar-refractivity contribution < 1.29 is 4.74 Å². The summed E-state index contributed by atoms with van der Waals surface area (Å²) in [5.41, 5.74) is 1.24. The Hall–Kier alpha value is -2.03. The van der Waals surface area contributed by atoms with Crippen LogP contribution < -0.4 is 9.64 Å². The second-order valence-corrected chi connectivity index (χ2v) is 4.27. The molecule has 18 heavy (non-hydrogen) atoms. The molecule has 0 N–H and O–H groups in total. The molecule has 2 rings (SSSR count). The van der Waals surface area contributed by atoms with Crippen LogP contribution in [0.2, 0.25) is 0 Å². The molecule has 0 amide bonds. The molecule has 0 aliphatic rings. The molecule has 0 unspecified atom stereocenters. The van der Waals surface area contributed by atoms with Crippen LogP contribution in [0.5, 0.6) is 5.75 Å². The smallest absolute Gasteiger partial charge is 0.128 e.